The van der Waals surface area contributed by atoms with Crippen LogP contribution in [0.15, 0.2) is 34.9 Å². The van der Waals surface area contributed by atoms with Crippen molar-refractivity contribution >= 4 is 11.9 Å². The van der Waals surface area contributed by atoms with Crippen LogP contribution < -0.4 is 0 Å². The van der Waals surface area contributed by atoms with E-state index in [1.807, 2.05) is 20.8 Å². The minimum atomic E-state index is -1.90. The van der Waals surface area contributed by atoms with Gasteiger partial charge in [0.25, 0.3) is 0 Å². The van der Waals surface area contributed by atoms with Crippen molar-refractivity contribution in [3.63, 3.8) is 0 Å². The molecule has 0 radical (unpaired) electrons. The normalized spacial score (nSPS) is 49.4. The molecule has 10 aliphatic rings. The summed E-state index contributed by atoms with van der Waals surface area (Å²) in [5.41, 5.74) is -0.180. The fourth-order valence-corrected chi connectivity index (χ4v) is 18.1. The number of fused-ring (bicyclic) bond motifs is 5. The second kappa shape index (κ2) is 33.3. The van der Waals surface area contributed by atoms with Crippen molar-refractivity contribution in [2.45, 2.75) is 330 Å². The van der Waals surface area contributed by atoms with Gasteiger partial charge in [-0.3, -0.25) is 0 Å². The lowest BCUT2D eigenvalue weighted by molar-refractivity contribution is -0.390. The fraction of sp³-hybridized carbons (Fsp3) is 0.887. The smallest absolute Gasteiger partial charge is 0.333 e. The van der Waals surface area contributed by atoms with Gasteiger partial charge in [0.05, 0.1) is 61.5 Å². The lowest BCUT2D eigenvalue weighted by Gasteiger charge is -2.63. The van der Waals surface area contributed by atoms with E-state index in [1.165, 1.54) is 26.9 Å². The Kier molecular flexibility index (Phi) is 26.6. The second-order valence-corrected chi connectivity index (χ2v) is 29.9. The van der Waals surface area contributed by atoms with Gasteiger partial charge < -0.3 is 136 Å². The second-order valence-electron chi connectivity index (χ2n) is 29.9. The number of carbonyl (C=O) groups is 2. The number of methoxy groups -OCH3 is 4. The van der Waals surface area contributed by atoms with E-state index < -0.39 is 220 Å². The molecule has 30 nitrogen and oxygen atoms in total. The lowest BCUT2D eigenvalue weighted by atomic mass is 9.44. The molecule has 0 aromatic carbocycles. The summed E-state index contributed by atoms with van der Waals surface area (Å²) in [6.07, 6.45) is -25.3. The van der Waals surface area contributed by atoms with Crippen molar-refractivity contribution in [3.8, 4) is 0 Å². The molecule has 101 heavy (non-hydrogen) atoms. The van der Waals surface area contributed by atoms with Crippen LogP contribution in [0.25, 0.3) is 0 Å². The zero-order valence-corrected chi connectivity index (χ0v) is 60.8. The van der Waals surface area contributed by atoms with Gasteiger partial charge in [0.15, 0.2) is 37.7 Å². The van der Waals surface area contributed by atoms with E-state index in [1.54, 1.807) is 67.7 Å². The van der Waals surface area contributed by atoms with Crippen LogP contribution in [-0.4, -0.2) is 301 Å². The maximum atomic E-state index is 13.7. The molecule has 4 aliphatic carbocycles. The van der Waals surface area contributed by atoms with Gasteiger partial charge in [0.1, 0.15) is 110 Å². The highest BCUT2D eigenvalue weighted by Crippen LogP contribution is 2.69. The number of esters is 2. The summed E-state index contributed by atoms with van der Waals surface area (Å²) in [4.78, 5) is 26.8. The highest BCUT2D eigenvalue weighted by Gasteiger charge is 2.72. The van der Waals surface area contributed by atoms with E-state index in [4.69, 9.17) is 85.3 Å². The number of ether oxygens (including phenoxy) is 18. The van der Waals surface area contributed by atoms with Crippen LogP contribution in [0.3, 0.4) is 0 Å². The molecule has 37 atom stereocenters. The minimum absolute atomic E-state index is 0.00681. The van der Waals surface area contributed by atoms with Crippen molar-refractivity contribution in [2.75, 3.05) is 41.7 Å². The van der Waals surface area contributed by atoms with Gasteiger partial charge >= 0.3 is 11.9 Å². The monoisotopic (exact) mass is 1450 g/mol. The average molecular weight is 1450 g/mol. The fourth-order valence-electron chi connectivity index (χ4n) is 18.1. The first-order valence-corrected chi connectivity index (χ1v) is 35.9. The number of rotatable bonds is 23. The molecule has 9 fully saturated rings. The van der Waals surface area contributed by atoms with Crippen molar-refractivity contribution < 1.29 is 146 Å². The van der Waals surface area contributed by atoms with Crippen molar-refractivity contribution in [1.82, 2.24) is 0 Å². The van der Waals surface area contributed by atoms with Gasteiger partial charge in [0.2, 0.25) is 0 Å². The summed E-state index contributed by atoms with van der Waals surface area (Å²) >= 11 is 0. The Morgan fingerprint density at radius 3 is 1.55 bits per heavy atom. The van der Waals surface area contributed by atoms with Crippen LogP contribution >= 0.6 is 0 Å². The summed E-state index contributed by atoms with van der Waals surface area (Å²) in [5.74, 6) is -1.21. The van der Waals surface area contributed by atoms with E-state index in [2.05, 4.69) is 13.0 Å². The molecule has 6 heterocycles. The topological polar surface area (TPSA) is 403 Å². The molecule has 0 aromatic heterocycles. The Hall–Kier alpha value is -2.88. The van der Waals surface area contributed by atoms with Gasteiger partial charge in [-0.15, -0.1) is 0 Å². The Morgan fingerprint density at radius 2 is 1.02 bits per heavy atom. The van der Waals surface area contributed by atoms with E-state index in [-0.39, 0.29) is 35.7 Å². The Balaban J connectivity index is 0.723. The summed E-state index contributed by atoms with van der Waals surface area (Å²) in [6, 6.07) is 0. The van der Waals surface area contributed by atoms with Gasteiger partial charge in [-0.25, -0.2) is 9.59 Å². The molecule has 0 amide bonds. The van der Waals surface area contributed by atoms with Gasteiger partial charge in [-0.1, -0.05) is 37.6 Å². The Morgan fingerprint density at radius 1 is 0.545 bits per heavy atom. The predicted molar refractivity (Wildman–Crippen MR) is 349 cm³/mol. The average Bonchev–Trinajstić information content (AvgIpc) is 1.61. The van der Waals surface area contributed by atoms with Gasteiger partial charge in [-0.05, 0) is 125 Å². The van der Waals surface area contributed by atoms with E-state index in [0.29, 0.717) is 49.7 Å². The first-order chi connectivity index (χ1) is 47.9. The lowest BCUT2D eigenvalue weighted by Crippen LogP contribution is -2.67. The number of hydrogen-bond acceptors (Lipinski definition) is 30. The molecular weight excluding hydrogens is 1330 g/mol. The molecule has 6 saturated heterocycles. The molecule has 0 aromatic rings. The Bertz CT molecular complexity index is 2850. The number of allylic oxidation sites excluding steroid dienone is 3. The van der Waals surface area contributed by atoms with E-state index in [9.17, 15) is 60.7 Å². The summed E-state index contributed by atoms with van der Waals surface area (Å²) in [6.45, 7) is 18.6. The largest absolute Gasteiger partial charge is 0.459 e. The molecule has 578 valence electrons. The zero-order chi connectivity index (χ0) is 73.6. The number of carbonyl (C=O) groups excluding carboxylic acids is 2. The maximum Gasteiger partial charge on any atom is 0.333 e. The predicted octanol–water partition coefficient (Wildman–Crippen LogP) is 1.16. The molecule has 10 rings (SSSR count). The van der Waals surface area contributed by atoms with Crippen LogP contribution in [-0.2, 0) is 94.9 Å². The summed E-state index contributed by atoms with van der Waals surface area (Å²) in [7, 11) is 5.81. The summed E-state index contributed by atoms with van der Waals surface area (Å²) < 4.78 is 111. The van der Waals surface area contributed by atoms with Gasteiger partial charge in [-0.2, -0.15) is 0 Å². The van der Waals surface area contributed by atoms with Crippen LogP contribution in [0, 0.1) is 28.6 Å². The highest BCUT2D eigenvalue weighted by atomic mass is 16.8. The van der Waals surface area contributed by atoms with Crippen LogP contribution in [0.1, 0.15) is 134 Å². The first-order valence-electron chi connectivity index (χ1n) is 35.9. The third-order valence-corrected chi connectivity index (χ3v) is 24.4. The molecule has 0 spiro atoms. The molecule has 3 saturated carbocycles. The summed E-state index contributed by atoms with van der Waals surface area (Å²) in [5, 5.41) is 111. The quantitative estimate of drug-likeness (QED) is 0.0390. The van der Waals surface area contributed by atoms with Crippen molar-refractivity contribution in [3.05, 3.63) is 34.9 Å². The zero-order valence-electron chi connectivity index (χ0n) is 60.8. The third-order valence-electron chi connectivity index (χ3n) is 24.4. The van der Waals surface area contributed by atoms with E-state index in [0.717, 1.165) is 12.8 Å². The molecule has 10 N–H and O–H groups in total. The minimum Gasteiger partial charge on any atom is -0.459 e. The van der Waals surface area contributed by atoms with Gasteiger partial charge in [0, 0.05) is 63.8 Å². The van der Waals surface area contributed by atoms with Crippen LogP contribution in [0.5, 0.6) is 0 Å². The maximum absolute atomic E-state index is 13.7. The van der Waals surface area contributed by atoms with Crippen LogP contribution in [0.4, 0.5) is 0 Å². The van der Waals surface area contributed by atoms with Crippen molar-refractivity contribution in [2.24, 2.45) is 28.6 Å². The molecular formula is C71H114O30. The number of hydrogen-bond donors (Lipinski definition) is 10. The molecule has 6 aliphatic heterocycles. The standard InChI is InChI=1S/C71H114O30/c1-16-30(3)63(81)90-32(5)39-21-23-71(83)40-19-18-37-24-38(20-22-69(37,10)41(40)25-46(70(39,71)11)96-64(82)31(4)17-2)93-47-26-42(84-12)56(33(6)88-47)97-48-27-43(85-13)57(34(7)89-48)98-66-54(79)61(86-14)58(35(8)91-66)99-67-55(80)62(87-15)59(36(9)92-67)100-68-53(78)60(50(75)45(29-73)95-68)101-65-52(77)51(76)49(74)44(28-72)94-65/h16-18,32-36,38-62,65-68,72-80,83H,19-29H2,1-15H3/b30-16+,31-17+/t32?,33-,34-,35-,36-,38+,39-,40-,41+,42+,43+,44-,45-,46-,47+,48+,49-,50-,51+,52-,53-,54-,55-,56+,57+,58-,59-,60+,61-,62+,65+,66+,67+,68+,69+,70+,71+/m1/s1. The van der Waals surface area contributed by atoms with Crippen LogP contribution in [0.2, 0.25) is 0 Å². The molecule has 0 bridgehead atoms. The highest BCUT2D eigenvalue weighted by molar-refractivity contribution is 5.88. The first kappa shape index (κ1) is 80.7. The molecule has 30 heteroatoms. The molecule has 1 unspecified atom stereocenters. The number of aliphatic hydroxyl groups excluding tert-OH is 9. The van der Waals surface area contributed by atoms with Crippen molar-refractivity contribution in [1.29, 1.82) is 0 Å². The number of aliphatic hydroxyl groups is 10. The Labute approximate surface area is 590 Å². The third kappa shape index (κ3) is 15.6. The SMILES string of the molecule is C/C=C(\C)C(=O)OC(C)[C@H]1CC[C@]2(O)[C@@H]3CC=C4C[C@@H](O[C@H]5C[C@H](OC)[C@@H](O[C@H]6C[C@H](OC)[C@@H](O[C@@H]7O[C@H](C)[C@@H](O[C@@H]8O[C@H](C)[C@@H](O[C@@H]9O[C@H](CO)[C@@H](O)[C@H](O[C@@H]%10O[C@H](CO)[C@@H](O)[C@H](O)[C@H]%10O)[C@H]9O)[C@@H](OC)[C@H]8O)[C@H](OC)[C@H]7O)[C@@H](C)O6)[C@@H](C)O5)CC[C@]4(C)[C@H]3C[C@@H](OC(=O)/C(C)=C/C)[C@]12C. The van der Waals surface area contributed by atoms with E-state index >= 15 is 0 Å².